The van der Waals surface area contributed by atoms with E-state index in [1.807, 2.05) is 6.92 Å². The van der Waals surface area contributed by atoms with Gasteiger partial charge >= 0.3 is 0 Å². The van der Waals surface area contributed by atoms with Crippen molar-refractivity contribution < 1.29 is 9.53 Å². The van der Waals surface area contributed by atoms with Crippen LogP contribution in [-0.4, -0.2) is 43.1 Å². The van der Waals surface area contributed by atoms with Crippen LogP contribution in [-0.2, 0) is 0 Å². The van der Waals surface area contributed by atoms with Crippen molar-refractivity contribution >= 4 is 29.1 Å². The number of nitrogens with one attached hydrogen (secondary N) is 2. The van der Waals surface area contributed by atoms with Crippen LogP contribution >= 0.6 is 23.2 Å². The zero-order chi connectivity index (χ0) is 17.3. The number of hydrogen-bond acceptors (Lipinski definition) is 4. The van der Waals surface area contributed by atoms with E-state index in [4.69, 9.17) is 27.9 Å². The molecule has 5 nitrogen and oxygen atoms in total. The molecule has 1 fully saturated rings. The fraction of sp³-hybridized carbons (Fsp3) is 0.562. The first-order valence-electron chi connectivity index (χ1n) is 7.59. The van der Waals surface area contributed by atoms with E-state index in [2.05, 4.69) is 24.7 Å². The van der Waals surface area contributed by atoms with E-state index in [1.165, 1.54) is 7.11 Å². The van der Waals surface area contributed by atoms with Gasteiger partial charge in [-0.15, -0.1) is 0 Å². The van der Waals surface area contributed by atoms with Crippen LogP contribution in [0.25, 0.3) is 0 Å². The molecule has 0 aromatic heterocycles. The van der Waals surface area contributed by atoms with Crippen LogP contribution in [0.15, 0.2) is 12.1 Å². The lowest BCUT2D eigenvalue weighted by Crippen LogP contribution is -2.46. The molecule has 1 aromatic rings. The van der Waals surface area contributed by atoms with Gasteiger partial charge in [-0.05, 0) is 32.9 Å². The van der Waals surface area contributed by atoms with Crippen molar-refractivity contribution in [1.29, 1.82) is 0 Å². The summed E-state index contributed by atoms with van der Waals surface area (Å²) in [7, 11) is 3.28. The summed E-state index contributed by atoms with van der Waals surface area (Å²) >= 11 is 12.2. The summed E-state index contributed by atoms with van der Waals surface area (Å²) in [6, 6.07) is 3.71. The van der Waals surface area contributed by atoms with Crippen molar-refractivity contribution in [2.75, 3.05) is 14.2 Å². The third-order valence-corrected chi connectivity index (χ3v) is 5.12. The standard InChI is InChI=1S/C16H23Cl2N3O2/c1-8-14(9(2)20-19-8)10(3)21(4)16(22)12-6-11(17)7-13(18)15(12)23-5/h6-10,14,19-20H,1-5H3. The predicted octanol–water partition coefficient (Wildman–Crippen LogP) is 2.96. The highest BCUT2D eigenvalue weighted by Gasteiger charge is 2.37. The monoisotopic (exact) mass is 359 g/mol. The molecule has 0 radical (unpaired) electrons. The van der Waals surface area contributed by atoms with Crippen LogP contribution in [0.5, 0.6) is 5.75 Å². The highest BCUT2D eigenvalue weighted by atomic mass is 35.5. The fourth-order valence-corrected chi connectivity index (χ4v) is 3.85. The largest absolute Gasteiger partial charge is 0.494 e. The Labute approximate surface area is 147 Å². The Bertz CT molecular complexity index is 587. The summed E-state index contributed by atoms with van der Waals surface area (Å²) in [5.41, 5.74) is 6.81. The molecule has 2 rings (SSSR count). The minimum atomic E-state index is -0.162. The number of hydrazine groups is 1. The number of benzene rings is 1. The van der Waals surface area contributed by atoms with Crippen molar-refractivity contribution in [1.82, 2.24) is 15.8 Å². The van der Waals surface area contributed by atoms with Crippen LogP contribution in [0.1, 0.15) is 31.1 Å². The maximum absolute atomic E-state index is 12.9. The lowest BCUT2D eigenvalue weighted by atomic mass is 9.88. The zero-order valence-electron chi connectivity index (χ0n) is 14.0. The SMILES string of the molecule is COc1c(Cl)cc(Cl)cc1C(=O)N(C)C(C)C1C(C)NNC1C. The summed E-state index contributed by atoms with van der Waals surface area (Å²) < 4.78 is 5.29. The number of amides is 1. The number of carbonyl (C=O) groups excluding carboxylic acids is 1. The van der Waals surface area contributed by atoms with Gasteiger partial charge in [0, 0.05) is 36.1 Å². The number of nitrogens with zero attached hydrogens (tertiary/aromatic N) is 1. The van der Waals surface area contributed by atoms with Gasteiger partial charge in [-0.25, -0.2) is 0 Å². The molecular formula is C16H23Cl2N3O2. The van der Waals surface area contributed by atoms with E-state index in [0.29, 0.717) is 21.4 Å². The zero-order valence-corrected chi connectivity index (χ0v) is 15.5. The van der Waals surface area contributed by atoms with Crippen molar-refractivity contribution in [2.45, 2.75) is 38.9 Å². The summed E-state index contributed by atoms with van der Waals surface area (Å²) in [5.74, 6) is 0.471. The molecule has 1 aromatic carbocycles. The molecule has 128 valence electrons. The van der Waals surface area contributed by atoms with Crippen molar-refractivity contribution in [3.63, 3.8) is 0 Å². The average molecular weight is 360 g/mol. The number of hydrogen-bond donors (Lipinski definition) is 2. The Hall–Kier alpha value is -1.01. The Morgan fingerprint density at radius 2 is 1.83 bits per heavy atom. The number of rotatable bonds is 4. The van der Waals surface area contributed by atoms with Gasteiger partial charge in [-0.2, -0.15) is 0 Å². The molecule has 0 aliphatic carbocycles. The minimum Gasteiger partial charge on any atom is -0.494 e. The molecule has 0 bridgehead atoms. The van der Waals surface area contributed by atoms with E-state index in [-0.39, 0.29) is 30.0 Å². The Morgan fingerprint density at radius 3 is 2.35 bits per heavy atom. The molecule has 2 N–H and O–H groups in total. The van der Waals surface area contributed by atoms with Gasteiger partial charge in [-0.3, -0.25) is 15.6 Å². The summed E-state index contributed by atoms with van der Waals surface area (Å²) in [5, 5.41) is 0.737. The fourth-order valence-electron chi connectivity index (χ4n) is 3.28. The molecular weight excluding hydrogens is 337 g/mol. The Morgan fingerprint density at radius 1 is 1.26 bits per heavy atom. The van der Waals surface area contributed by atoms with Crippen molar-refractivity contribution in [3.05, 3.63) is 27.7 Å². The second-order valence-corrected chi connectivity index (χ2v) is 6.91. The lowest BCUT2D eigenvalue weighted by Gasteiger charge is -2.33. The second kappa shape index (κ2) is 7.26. The molecule has 7 heteroatoms. The number of halogens is 2. The maximum Gasteiger partial charge on any atom is 0.257 e. The Kier molecular flexibility index (Phi) is 5.79. The second-order valence-electron chi connectivity index (χ2n) is 6.07. The van der Waals surface area contributed by atoms with Crippen molar-refractivity contribution in [2.24, 2.45) is 5.92 Å². The smallest absolute Gasteiger partial charge is 0.257 e. The number of carbonyl (C=O) groups is 1. The van der Waals surface area contributed by atoms with Crippen LogP contribution in [0.2, 0.25) is 10.0 Å². The third-order valence-electron chi connectivity index (χ3n) is 4.62. The maximum atomic E-state index is 12.9. The normalized spacial score (nSPS) is 25.3. The van der Waals surface area contributed by atoms with E-state index in [0.717, 1.165) is 0 Å². The molecule has 3 unspecified atom stereocenters. The van der Waals surface area contributed by atoms with Crippen molar-refractivity contribution in [3.8, 4) is 5.75 Å². The molecule has 0 spiro atoms. The molecule has 3 atom stereocenters. The van der Waals surface area contributed by atoms with E-state index >= 15 is 0 Å². The first kappa shape index (κ1) is 18.3. The minimum absolute atomic E-state index is 0.0254. The van der Waals surface area contributed by atoms with Gasteiger partial charge in [0.1, 0.15) is 5.75 Å². The van der Waals surface area contributed by atoms with Crippen LogP contribution < -0.4 is 15.6 Å². The van der Waals surface area contributed by atoms with Gasteiger partial charge < -0.3 is 9.64 Å². The molecule has 1 aliphatic heterocycles. The third kappa shape index (κ3) is 3.58. The Balaban J connectivity index is 2.29. The molecule has 23 heavy (non-hydrogen) atoms. The first-order chi connectivity index (χ1) is 10.8. The van der Waals surface area contributed by atoms with Gasteiger partial charge in [-0.1, -0.05) is 23.2 Å². The predicted molar refractivity (Wildman–Crippen MR) is 93.3 cm³/mol. The van der Waals surface area contributed by atoms with Crippen LogP contribution in [0.3, 0.4) is 0 Å². The van der Waals surface area contributed by atoms with Gasteiger partial charge in [0.2, 0.25) is 0 Å². The first-order valence-corrected chi connectivity index (χ1v) is 8.34. The van der Waals surface area contributed by atoms with E-state index in [1.54, 1.807) is 24.1 Å². The highest BCUT2D eigenvalue weighted by molar-refractivity contribution is 6.36. The summed E-state index contributed by atoms with van der Waals surface area (Å²) in [6.07, 6.45) is 0. The van der Waals surface area contributed by atoms with Gasteiger partial charge in [0.25, 0.3) is 5.91 Å². The number of methoxy groups -OCH3 is 1. The molecule has 0 saturated carbocycles. The lowest BCUT2D eigenvalue weighted by molar-refractivity contribution is 0.0676. The summed E-state index contributed by atoms with van der Waals surface area (Å²) in [6.45, 7) is 6.25. The number of ether oxygens (including phenoxy) is 1. The summed E-state index contributed by atoms with van der Waals surface area (Å²) in [4.78, 5) is 14.6. The highest BCUT2D eigenvalue weighted by Crippen LogP contribution is 2.33. The average Bonchev–Trinajstić information content (AvgIpc) is 2.83. The topological polar surface area (TPSA) is 53.6 Å². The van der Waals surface area contributed by atoms with Crippen LogP contribution in [0, 0.1) is 5.92 Å². The van der Waals surface area contributed by atoms with Crippen LogP contribution in [0.4, 0.5) is 0 Å². The quantitative estimate of drug-likeness (QED) is 0.867. The van der Waals surface area contributed by atoms with Gasteiger partial charge in [0.05, 0.1) is 17.7 Å². The van der Waals surface area contributed by atoms with E-state index in [9.17, 15) is 4.79 Å². The molecule has 1 amide bonds. The van der Waals surface area contributed by atoms with Gasteiger partial charge in [0.15, 0.2) is 0 Å². The molecule has 1 heterocycles. The molecule has 1 aliphatic rings. The van der Waals surface area contributed by atoms with E-state index < -0.39 is 0 Å². The molecule has 1 saturated heterocycles.